The van der Waals surface area contributed by atoms with E-state index in [0.29, 0.717) is 23.2 Å². The van der Waals surface area contributed by atoms with Gasteiger partial charge in [0.1, 0.15) is 0 Å². The minimum absolute atomic E-state index is 0.454. The molecule has 0 aliphatic heterocycles. The van der Waals surface area contributed by atoms with Crippen LogP contribution in [-0.2, 0) is 0 Å². The lowest BCUT2D eigenvalue weighted by molar-refractivity contribution is 0.695. The molecule has 0 unspecified atom stereocenters. The molecule has 0 amide bonds. The molecule has 2 aliphatic rings. The summed E-state index contributed by atoms with van der Waals surface area (Å²) in [6.45, 7) is 0. The smallest absolute Gasteiger partial charge is 0.00137 e. The Labute approximate surface area is 199 Å². The maximum Gasteiger partial charge on any atom is 0.00137 e. The summed E-state index contributed by atoms with van der Waals surface area (Å²) >= 11 is 0. The van der Waals surface area contributed by atoms with Gasteiger partial charge in [0.2, 0.25) is 0 Å². The van der Waals surface area contributed by atoms with E-state index in [1.807, 2.05) is 0 Å². The fourth-order valence-corrected chi connectivity index (χ4v) is 12.8. The van der Waals surface area contributed by atoms with E-state index in [0.717, 1.165) is 0 Å². The van der Waals surface area contributed by atoms with Gasteiger partial charge in [-0.3, -0.25) is 0 Å². The van der Waals surface area contributed by atoms with Gasteiger partial charge < -0.3 is 0 Å². The molecule has 4 aromatic carbocycles. The summed E-state index contributed by atoms with van der Waals surface area (Å²) in [5.74, 6) is 1.34. The Morgan fingerprint density at radius 1 is 0.394 bits per heavy atom. The molecule has 2 aliphatic carbocycles. The fraction of sp³-hybridized carbons (Fsp3) is 0.161. The van der Waals surface area contributed by atoms with E-state index in [1.165, 1.54) is 27.6 Å². The van der Waals surface area contributed by atoms with Crippen molar-refractivity contribution in [1.82, 2.24) is 0 Å². The van der Waals surface area contributed by atoms with Crippen molar-refractivity contribution in [2.24, 2.45) is 11.8 Å². The molecule has 4 aromatic rings. The minimum Gasteiger partial charge on any atom is -0.0844 e. The lowest BCUT2D eigenvalue weighted by Gasteiger charge is -2.40. The zero-order valence-corrected chi connectivity index (χ0v) is 20.4. The third-order valence-corrected chi connectivity index (χ3v) is 13.4. The molecule has 33 heavy (non-hydrogen) atoms. The van der Waals surface area contributed by atoms with E-state index in [2.05, 4.69) is 133 Å². The van der Waals surface area contributed by atoms with Gasteiger partial charge in [-0.25, -0.2) is 0 Å². The standard InChI is InChI=1S/C31H28P2/c1-5-13-26(14-6-1)32(27-15-7-2-8-16-27)30-24-21-22-25(23-24)31(30)33(28-17-9-3-10-18-28)29-19-11-4-12-20-29/h1-22,24-25,30-31H,23H2/t24-,25-,30+,31+/m0/s1. The number of hydrogen-bond acceptors (Lipinski definition) is 0. The molecule has 4 atom stereocenters. The summed E-state index contributed by atoms with van der Waals surface area (Å²) in [5.41, 5.74) is 1.32. The van der Waals surface area contributed by atoms with Gasteiger partial charge in [-0.05, 0) is 55.3 Å². The summed E-state index contributed by atoms with van der Waals surface area (Å²) in [6.07, 6.45) is 6.42. The lowest BCUT2D eigenvalue weighted by atomic mass is 10.1. The molecule has 1 fully saturated rings. The van der Waals surface area contributed by atoms with Crippen LogP contribution in [0.3, 0.4) is 0 Å². The number of allylic oxidation sites excluding steroid dienone is 2. The Morgan fingerprint density at radius 3 is 0.939 bits per heavy atom. The highest BCUT2D eigenvalue weighted by molar-refractivity contribution is 7.77. The third-order valence-electron chi connectivity index (χ3n) is 7.11. The molecule has 0 saturated heterocycles. The van der Waals surface area contributed by atoms with E-state index in [1.54, 1.807) is 0 Å². The van der Waals surface area contributed by atoms with Gasteiger partial charge in [-0.2, -0.15) is 0 Å². The van der Waals surface area contributed by atoms with Crippen LogP contribution in [0.5, 0.6) is 0 Å². The molecule has 0 radical (unpaired) electrons. The van der Waals surface area contributed by atoms with Crippen molar-refractivity contribution in [1.29, 1.82) is 0 Å². The van der Waals surface area contributed by atoms with Crippen LogP contribution in [0.4, 0.5) is 0 Å². The molecular formula is C31H28P2. The summed E-state index contributed by atoms with van der Waals surface area (Å²) in [5, 5.41) is 6.08. The first-order valence-corrected chi connectivity index (χ1v) is 14.7. The molecule has 6 rings (SSSR count). The summed E-state index contributed by atoms with van der Waals surface area (Å²) in [7, 11) is -0.909. The topological polar surface area (TPSA) is 0 Å². The highest BCUT2D eigenvalue weighted by Crippen LogP contribution is 2.64. The Bertz CT molecular complexity index is 1030. The van der Waals surface area contributed by atoms with Crippen molar-refractivity contribution in [3.63, 3.8) is 0 Å². The first-order valence-electron chi connectivity index (χ1n) is 11.9. The zero-order chi connectivity index (χ0) is 22.0. The van der Waals surface area contributed by atoms with Crippen LogP contribution in [-0.4, -0.2) is 11.3 Å². The number of fused-ring (bicyclic) bond motifs is 2. The number of hydrogen-bond donors (Lipinski definition) is 0. The van der Waals surface area contributed by atoms with E-state index in [9.17, 15) is 0 Å². The highest BCUT2D eigenvalue weighted by atomic mass is 31.1. The van der Waals surface area contributed by atoms with Crippen LogP contribution < -0.4 is 21.2 Å². The molecule has 0 spiro atoms. The van der Waals surface area contributed by atoms with Crippen LogP contribution in [0, 0.1) is 11.8 Å². The van der Waals surface area contributed by atoms with Gasteiger partial charge in [-0.1, -0.05) is 133 Å². The predicted octanol–water partition coefficient (Wildman–Crippen LogP) is 6.20. The average Bonchev–Trinajstić information content (AvgIpc) is 3.50. The second kappa shape index (κ2) is 9.38. The summed E-state index contributed by atoms with van der Waals surface area (Å²) in [6, 6.07) is 45.4. The molecule has 2 heteroatoms. The van der Waals surface area contributed by atoms with Crippen molar-refractivity contribution in [2.75, 3.05) is 0 Å². The molecular weight excluding hydrogens is 434 g/mol. The summed E-state index contributed by atoms with van der Waals surface area (Å²) < 4.78 is 0. The van der Waals surface area contributed by atoms with Gasteiger partial charge >= 0.3 is 0 Å². The largest absolute Gasteiger partial charge is 0.0844 e. The fourth-order valence-electron chi connectivity index (χ4n) is 5.80. The maximum absolute atomic E-state index is 2.55. The van der Waals surface area contributed by atoms with Crippen LogP contribution in [0.15, 0.2) is 133 Å². The van der Waals surface area contributed by atoms with Crippen LogP contribution in [0.2, 0.25) is 0 Å². The normalized spacial score (nSPS) is 23.5. The van der Waals surface area contributed by atoms with Crippen LogP contribution in [0.25, 0.3) is 0 Å². The average molecular weight is 463 g/mol. The van der Waals surface area contributed by atoms with E-state index in [-0.39, 0.29) is 0 Å². The minimum atomic E-state index is -0.454. The third kappa shape index (κ3) is 4.01. The second-order valence-electron chi connectivity index (χ2n) is 9.01. The van der Waals surface area contributed by atoms with Crippen LogP contribution in [0.1, 0.15) is 6.42 Å². The number of rotatable bonds is 6. The lowest BCUT2D eigenvalue weighted by Crippen LogP contribution is -2.37. The molecule has 2 bridgehead atoms. The Hall–Kier alpha value is -2.52. The highest BCUT2D eigenvalue weighted by Gasteiger charge is 2.51. The molecule has 0 heterocycles. The maximum atomic E-state index is 2.55. The van der Waals surface area contributed by atoms with Crippen molar-refractivity contribution < 1.29 is 0 Å². The first kappa shape index (κ1) is 21.0. The second-order valence-corrected chi connectivity index (χ2v) is 13.7. The Kier molecular flexibility index (Phi) is 5.98. The van der Waals surface area contributed by atoms with Gasteiger partial charge in [-0.15, -0.1) is 0 Å². The molecule has 0 N–H and O–H groups in total. The Morgan fingerprint density at radius 2 is 0.667 bits per heavy atom. The molecule has 0 aromatic heterocycles. The van der Waals surface area contributed by atoms with E-state index in [4.69, 9.17) is 0 Å². The molecule has 162 valence electrons. The summed E-state index contributed by atoms with van der Waals surface area (Å²) in [4.78, 5) is 0. The Balaban J connectivity index is 1.52. The van der Waals surface area contributed by atoms with Gasteiger partial charge in [0.05, 0.1) is 0 Å². The first-order chi connectivity index (χ1) is 16.4. The monoisotopic (exact) mass is 462 g/mol. The van der Waals surface area contributed by atoms with Crippen LogP contribution >= 0.6 is 15.8 Å². The van der Waals surface area contributed by atoms with Gasteiger partial charge in [0, 0.05) is 11.3 Å². The van der Waals surface area contributed by atoms with Crippen molar-refractivity contribution in [3.8, 4) is 0 Å². The van der Waals surface area contributed by atoms with Crippen molar-refractivity contribution in [2.45, 2.75) is 17.7 Å². The molecule has 1 saturated carbocycles. The SMILES string of the molecule is C1=C[C@H]2C[C@H]1[C@@H](P(c1ccccc1)c1ccccc1)[C@@H]2P(c1ccccc1)c1ccccc1. The van der Waals surface area contributed by atoms with Gasteiger partial charge in [0.15, 0.2) is 0 Å². The zero-order valence-electron chi connectivity index (χ0n) is 18.6. The van der Waals surface area contributed by atoms with Crippen molar-refractivity contribution >= 4 is 37.1 Å². The predicted molar refractivity (Wildman–Crippen MR) is 146 cm³/mol. The quantitative estimate of drug-likeness (QED) is 0.237. The molecule has 0 nitrogen and oxygen atoms in total. The number of benzene rings is 4. The van der Waals surface area contributed by atoms with Crippen molar-refractivity contribution in [3.05, 3.63) is 133 Å². The van der Waals surface area contributed by atoms with E-state index < -0.39 is 15.8 Å². The van der Waals surface area contributed by atoms with Gasteiger partial charge in [0.25, 0.3) is 0 Å². The van der Waals surface area contributed by atoms with E-state index >= 15 is 0 Å².